The summed E-state index contributed by atoms with van der Waals surface area (Å²) < 4.78 is 1.77. The molecule has 0 unspecified atom stereocenters. The average molecular weight is 255 g/mol. The molecular formula is C13H13N5O. The number of hydrogen-bond donors (Lipinski definition) is 2. The molecule has 3 heterocycles. The highest BCUT2D eigenvalue weighted by Gasteiger charge is 2.39. The Morgan fingerprint density at radius 3 is 2.89 bits per heavy atom. The van der Waals surface area contributed by atoms with Crippen LogP contribution < -0.4 is 10.6 Å². The molecule has 1 amide bonds. The van der Waals surface area contributed by atoms with Crippen molar-refractivity contribution in [2.45, 2.75) is 12.1 Å². The van der Waals surface area contributed by atoms with Crippen LogP contribution in [0, 0.1) is 0 Å². The topological polar surface area (TPSA) is 71.8 Å². The summed E-state index contributed by atoms with van der Waals surface area (Å²) in [7, 11) is 0. The Labute approximate surface area is 109 Å². The van der Waals surface area contributed by atoms with Gasteiger partial charge in [0.05, 0.1) is 12.1 Å². The molecule has 1 aromatic carbocycles. The van der Waals surface area contributed by atoms with E-state index in [0.717, 1.165) is 18.7 Å². The van der Waals surface area contributed by atoms with Gasteiger partial charge in [-0.1, -0.05) is 35.5 Å². The summed E-state index contributed by atoms with van der Waals surface area (Å²) >= 11 is 0. The first-order chi connectivity index (χ1) is 9.34. The van der Waals surface area contributed by atoms with E-state index >= 15 is 0 Å². The molecule has 0 radical (unpaired) electrons. The maximum atomic E-state index is 12.2. The van der Waals surface area contributed by atoms with Crippen molar-refractivity contribution in [3.05, 3.63) is 36.0 Å². The number of fused-ring (bicyclic) bond motifs is 3. The molecule has 2 aromatic rings. The van der Waals surface area contributed by atoms with Gasteiger partial charge in [-0.3, -0.25) is 4.79 Å². The fourth-order valence-corrected chi connectivity index (χ4v) is 2.83. The van der Waals surface area contributed by atoms with Gasteiger partial charge in [-0.25, -0.2) is 4.68 Å². The second kappa shape index (κ2) is 3.89. The van der Waals surface area contributed by atoms with E-state index in [1.54, 1.807) is 4.68 Å². The van der Waals surface area contributed by atoms with Crippen molar-refractivity contribution in [2.24, 2.45) is 0 Å². The van der Waals surface area contributed by atoms with Crippen LogP contribution >= 0.6 is 0 Å². The zero-order valence-corrected chi connectivity index (χ0v) is 10.2. The molecule has 6 nitrogen and oxygen atoms in total. The van der Waals surface area contributed by atoms with E-state index in [1.807, 2.05) is 30.3 Å². The quantitative estimate of drug-likeness (QED) is 0.763. The Balaban J connectivity index is 1.87. The third-order valence-corrected chi connectivity index (χ3v) is 3.77. The molecule has 1 fully saturated rings. The smallest absolute Gasteiger partial charge is 0.272 e. The Morgan fingerprint density at radius 2 is 2.05 bits per heavy atom. The number of benzene rings is 1. The number of carbonyl (C=O) groups excluding carboxylic acids is 1. The maximum Gasteiger partial charge on any atom is 0.272 e. The Hall–Kier alpha value is -2.21. The first-order valence-electron chi connectivity index (χ1n) is 6.37. The molecule has 0 spiro atoms. The predicted octanol–water partition coefficient (Wildman–Crippen LogP) is 0.201. The van der Waals surface area contributed by atoms with Gasteiger partial charge in [0.1, 0.15) is 5.69 Å². The summed E-state index contributed by atoms with van der Waals surface area (Å²) in [5.41, 5.74) is 2.14. The molecular weight excluding hydrogens is 242 g/mol. The number of nitrogens with zero attached hydrogens (tertiary/aromatic N) is 3. The van der Waals surface area contributed by atoms with Crippen LogP contribution in [0.1, 0.15) is 16.5 Å². The minimum absolute atomic E-state index is 0.0891. The van der Waals surface area contributed by atoms with Gasteiger partial charge in [-0.15, -0.1) is 5.10 Å². The van der Waals surface area contributed by atoms with E-state index < -0.39 is 0 Å². The van der Waals surface area contributed by atoms with Crippen molar-refractivity contribution in [2.75, 3.05) is 13.1 Å². The van der Waals surface area contributed by atoms with Crippen molar-refractivity contribution in [1.29, 1.82) is 0 Å². The van der Waals surface area contributed by atoms with Crippen molar-refractivity contribution in [1.82, 2.24) is 25.6 Å². The normalized spacial score (nSPS) is 24.7. The number of aromatic nitrogens is 3. The van der Waals surface area contributed by atoms with E-state index in [0.29, 0.717) is 11.4 Å². The minimum atomic E-state index is -0.0891. The van der Waals surface area contributed by atoms with Gasteiger partial charge in [0, 0.05) is 18.7 Å². The SMILES string of the molecule is O=C1N[C@@H]2CNC[C@@H]2n2nnc(-c3ccccc3)c21. The van der Waals surface area contributed by atoms with Crippen molar-refractivity contribution >= 4 is 5.91 Å². The zero-order valence-electron chi connectivity index (χ0n) is 10.2. The predicted molar refractivity (Wildman–Crippen MR) is 68.6 cm³/mol. The highest BCUT2D eigenvalue weighted by atomic mass is 16.2. The summed E-state index contributed by atoms with van der Waals surface area (Å²) in [6.45, 7) is 1.60. The number of carbonyl (C=O) groups is 1. The van der Waals surface area contributed by atoms with E-state index in [2.05, 4.69) is 20.9 Å². The maximum absolute atomic E-state index is 12.2. The molecule has 1 aromatic heterocycles. The van der Waals surface area contributed by atoms with E-state index in [4.69, 9.17) is 0 Å². The van der Waals surface area contributed by atoms with Gasteiger partial charge < -0.3 is 10.6 Å². The number of hydrogen-bond acceptors (Lipinski definition) is 4. The first-order valence-corrected chi connectivity index (χ1v) is 6.37. The standard InChI is InChI=1S/C13H13N5O/c19-13-12-11(8-4-2-1-3-5-8)16-17-18(12)10-7-14-6-9(10)15-13/h1-5,9-10,14H,6-7H2,(H,15,19)/t9-,10+/m1/s1. The van der Waals surface area contributed by atoms with Gasteiger partial charge in [0.2, 0.25) is 0 Å². The average Bonchev–Trinajstić information content (AvgIpc) is 3.05. The summed E-state index contributed by atoms with van der Waals surface area (Å²) in [4.78, 5) is 12.2. The van der Waals surface area contributed by atoms with Gasteiger partial charge in [-0.2, -0.15) is 0 Å². The van der Waals surface area contributed by atoms with Crippen molar-refractivity contribution in [3.63, 3.8) is 0 Å². The van der Waals surface area contributed by atoms with E-state index in [1.165, 1.54) is 0 Å². The highest BCUT2D eigenvalue weighted by molar-refractivity contribution is 5.99. The van der Waals surface area contributed by atoms with Gasteiger partial charge in [0.15, 0.2) is 5.69 Å². The Bertz CT molecular complexity index is 636. The molecule has 2 aliphatic heterocycles. The van der Waals surface area contributed by atoms with Crippen LogP contribution in [0.5, 0.6) is 0 Å². The summed E-state index contributed by atoms with van der Waals surface area (Å²) in [5.74, 6) is -0.0891. The Kier molecular flexibility index (Phi) is 2.19. The van der Waals surface area contributed by atoms with E-state index in [9.17, 15) is 4.79 Å². The second-order valence-electron chi connectivity index (χ2n) is 4.90. The lowest BCUT2D eigenvalue weighted by atomic mass is 10.1. The molecule has 2 atom stereocenters. The number of rotatable bonds is 1. The molecule has 0 saturated carbocycles. The fourth-order valence-electron chi connectivity index (χ4n) is 2.83. The molecule has 2 N–H and O–H groups in total. The molecule has 2 aliphatic rings. The van der Waals surface area contributed by atoms with Gasteiger partial charge in [-0.05, 0) is 0 Å². The third-order valence-electron chi connectivity index (χ3n) is 3.77. The summed E-state index contributed by atoms with van der Waals surface area (Å²) in [6, 6.07) is 9.97. The second-order valence-corrected chi connectivity index (χ2v) is 4.90. The summed E-state index contributed by atoms with van der Waals surface area (Å²) in [5, 5.41) is 14.7. The van der Waals surface area contributed by atoms with Crippen LogP contribution in [0.3, 0.4) is 0 Å². The van der Waals surface area contributed by atoms with Gasteiger partial charge >= 0.3 is 0 Å². The molecule has 0 aliphatic carbocycles. The lowest BCUT2D eigenvalue weighted by molar-refractivity contribution is 0.0889. The monoisotopic (exact) mass is 255 g/mol. The third kappa shape index (κ3) is 1.50. The lowest BCUT2D eigenvalue weighted by Crippen LogP contribution is -2.47. The number of nitrogens with one attached hydrogen (secondary N) is 2. The van der Waals surface area contributed by atoms with Crippen LogP contribution in [0.15, 0.2) is 30.3 Å². The molecule has 6 heteroatoms. The van der Waals surface area contributed by atoms with Crippen LogP contribution in [0.25, 0.3) is 11.3 Å². The van der Waals surface area contributed by atoms with Crippen molar-refractivity contribution in [3.8, 4) is 11.3 Å². The van der Waals surface area contributed by atoms with Crippen LogP contribution in [0.4, 0.5) is 0 Å². The number of amides is 1. The van der Waals surface area contributed by atoms with E-state index in [-0.39, 0.29) is 18.0 Å². The molecule has 1 saturated heterocycles. The van der Waals surface area contributed by atoms with Crippen LogP contribution in [-0.4, -0.2) is 40.0 Å². The molecule has 96 valence electrons. The van der Waals surface area contributed by atoms with Gasteiger partial charge in [0.25, 0.3) is 5.91 Å². The summed E-state index contributed by atoms with van der Waals surface area (Å²) in [6.07, 6.45) is 0. The lowest BCUT2D eigenvalue weighted by Gasteiger charge is -2.26. The van der Waals surface area contributed by atoms with Crippen molar-refractivity contribution < 1.29 is 4.79 Å². The Morgan fingerprint density at radius 1 is 1.21 bits per heavy atom. The largest absolute Gasteiger partial charge is 0.344 e. The molecule has 19 heavy (non-hydrogen) atoms. The highest BCUT2D eigenvalue weighted by Crippen LogP contribution is 2.28. The fraction of sp³-hybridized carbons (Fsp3) is 0.308. The molecule has 0 bridgehead atoms. The first kappa shape index (κ1) is 10.7. The van der Waals surface area contributed by atoms with Crippen LogP contribution in [0.2, 0.25) is 0 Å². The van der Waals surface area contributed by atoms with Crippen LogP contribution in [-0.2, 0) is 0 Å². The zero-order chi connectivity index (χ0) is 12.8. The minimum Gasteiger partial charge on any atom is -0.344 e. The molecule has 4 rings (SSSR count).